The van der Waals surface area contributed by atoms with E-state index in [4.69, 9.17) is 18.3 Å². The molecule has 3 aromatic carbocycles. The zero-order valence-corrected chi connectivity index (χ0v) is 16.9. The molecular formula is C25H19O6+. The van der Waals surface area contributed by atoms with Crippen molar-refractivity contribution in [1.29, 1.82) is 0 Å². The van der Waals surface area contributed by atoms with Gasteiger partial charge in [-0.15, -0.1) is 0 Å². The van der Waals surface area contributed by atoms with Gasteiger partial charge in [0.25, 0.3) is 0 Å². The lowest BCUT2D eigenvalue weighted by Crippen LogP contribution is -1.99. The fraction of sp³-hybridized carbons (Fsp3) is 0.0800. The molecule has 5 rings (SSSR count). The van der Waals surface area contributed by atoms with Crippen molar-refractivity contribution in [3.8, 4) is 39.9 Å². The maximum absolute atomic E-state index is 10.2. The fourth-order valence-electron chi connectivity index (χ4n) is 3.71. The summed E-state index contributed by atoms with van der Waals surface area (Å²) in [5.74, 6) is 1.62. The van der Waals surface area contributed by atoms with Crippen LogP contribution in [-0.4, -0.2) is 24.1 Å². The maximum atomic E-state index is 10.2. The Bertz CT molecular complexity index is 1450. The minimum Gasteiger partial charge on any atom is -0.502 e. The van der Waals surface area contributed by atoms with Gasteiger partial charge in [-0.3, -0.25) is 4.79 Å². The highest BCUT2D eigenvalue weighted by molar-refractivity contribution is 6.07. The molecule has 6 heteroatoms. The van der Waals surface area contributed by atoms with E-state index in [1.807, 2.05) is 42.5 Å². The summed E-state index contributed by atoms with van der Waals surface area (Å²) < 4.78 is 22.7. The Morgan fingerprint density at radius 1 is 0.742 bits per heavy atom. The first-order valence-electron chi connectivity index (χ1n) is 9.61. The number of hydrogen-bond acceptors (Lipinski definition) is 5. The topological polar surface area (TPSA) is 86.4 Å². The van der Waals surface area contributed by atoms with E-state index in [-0.39, 0.29) is 22.7 Å². The van der Waals surface area contributed by atoms with Crippen LogP contribution in [0.3, 0.4) is 0 Å². The van der Waals surface area contributed by atoms with Crippen LogP contribution in [0.4, 0.5) is 0 Å². The normalized spacial score (nSPS) is 11.2. The molecule has 0 saturated heterocycles. The molecule has 0 bridgehead atoms. The van der Waals surface area contributed by atoms with E-state index < -0.39 is 0 Å². The second kappa shape index (κ2) is 7.25. The van der Waals surface area contributed by atoms with Gasteiger partial charge in [-0.2, -0.15) is 0 Å². The average Bonchev–Trinajstić information content (AvgIpc) is 2.79. The second-order valence-electron chi connectivity index (χ2n) is 7.09. The molecule has 0 aliphatic heterocycles. The van der Waals surface area contributed by atoms with Gasteiger partial charge in [0.05, 0.1) is 31.7 Å². The molecule has 2 N–H and O–H groups in total. The standard InChI is InChI=1S/C25H18O6/c1-28-22-8-15(9-23(29-2)25(22)27)19-11-16-10-18(14-6-4-3-5-7-14)30-20-12-17(26)13-21(31-19)24(16)20/h3-13,27H,1-2H3/p+1. The van der Waals surface area contributed by atoms with E-state index >= 15 is 0 Å². The lowest BCUT2D eigenvalue weighted by molar-refractivity contribution is 0.340. The van der Waals surface area contributed by atoms with Crippen LogP contribution in [0, 0.1) is 0 Å². The molecule has 6 nitrogen and oxygen atoms in total. The highest BCUT2D eigenvalue weighted by Crippen LogP contribution is 2.42. The monoisotopic (exact) mass is 415 g/mol. The number of ether oxygens (including phenoxy) is 2. The first-order chi connectivity index (χ1) is 15.1. The van der Waals surface area contributed by atoms with Gasteiger partial charge < -0.3 is 23.4 Å². The zero-order valence-electron chi connectivity index (χ0n) is 16.9. The number of aromatic hydroxyl groups is 1. The van der Waals surface area contributed by atoms with Crippen molar-refractivity contribution in [1.82, 2.24) is 0 Å². The van der Waals surface area contributed by atoms with E-state index in [2.05, 4.69) is 0 Å². The Kier molecular flexibility index (Phi) is 4.40. The molecule has 0 atom stereocenters. The van der Waals surface area contributed by atoms with Gasteiger partial charge in [-0.05, 0) is 29.7 Å². The highest BCUT2D eigenvalue weighted by atomic mass is 16.5. The van der Waals surface area contributed by atoms with Crippen LogP contribution < -0.4 is 14.9 Å². The van der Waals surface area contributed by atoms with E-state index in [1.54, 1.807) is 24.3 Å². The predicted octanol–water partition coefficient (Wildman–Crippen LogP) is 5.24. The molecule has 2 aromatic heterocycles. The Morgan fingerprint density at radius 2 is 1.29 bits per heavy atom. The van der Waals surface area contributed by atoms with Crippen molar-refractivity contribution in [2.75, 3.05) is 14.2 Å². The first kappa shape index (κ1) is 18.8. The fourth-order valence-corrected chi connectivity index (χ4v) is 3.71. The summed E-state index contributed by atoms with van der Waals surface area (Å²) in [4.78, 5) is 10.2. The van der Waals surface area contributed by atoms with Crippen molar-refractivity contribution in [3.05, 3.63) is 72.2 Å². The summed E-state index contributed by atoms with van der Waals surface area (Å²) in [6.07, 6.45) is 0. The third-order valence-electron chi connectivity index (χ3n) is 5.18. The molecule has 154 valence electrons. The van der Waals surface area contributed by atoms with Crippen molar-refractivity contribution in [2.45, 2.75) is 0 Å². The Morgan fingerprint density at radius 3 is 1.84 bits per heavy atom. The number of hydrogen-bond donors (Lipinski definition) is 1. The Balaban J connectivity index is 1.81. The molecular weight excluding hydrogens is 396 g/mol. The van der Waals surface area contributed by atoms with E-state index in [0.29, 0.717) is 28.2 Å². The molecule has 0 aliphatic rings. The van der Waals surface area contributed by atoms with Crippen LogP contribution in [0.25, 0.3) is 44.6 Å². The van der Waals surface area contributed by atoms with Crippen molar-refractivity contribution in [2.24, 2.45) is 0 Å². The SMILES string of the molecule is COc1cc(-c2cc3cc(-c4ccccc4)oc4cc(=[OH+])cc(o2)c34)cc(OC)c1O. The van der Waals surface area contributed by atoms with Gasteiger partial charge in [0, 0.05) is 11.1 Å². The number of benzene rings is 3. The minimum absolute atomic E-state index is 0.0320. The quantitative estimate of drug-likeness (QED) is 0.406. The van der Waals surface area contributed by atoms with Crippen LogP contribution in [0.5, 0.6) is 17.2 Å². The van der Waals surface area contributed by atoms with Gasteiger partial charge in [-0.25, -0.2) is 0 Å². The van der Waals surface area contributed by atoms with Gasteiger partial charge in [-0.1, -0.05) is 30.3 Å². The molecule has 0 aliphatic carbocycles. The molecule has 5 aromatic rings. The first-order valence-corrected chi connectivity index (χ1v) is 9.61. The molecule has 0 spiro atoms. The van der Waals surface area contributed by atoms with Crippen LogP contribution in [-0.2, 0) is 0 Å². The third kappa shape index (κ3) is 3.18. The highest BCUT2D eigenvalue weighted by Gasteiger charge is 2.18. The summed E-state index contributed by atoms with van der Waals surface area (Å²) in [7, 11) is 2.94. The van der Waals surface area contributed by atoms with Gasteiger partial charge in [0.2, 0.25) is 5.75 Å². The predicted molar refractivity (Wildman–Crippen MR) is 117 cm³/mol. The van der Waals surface area contributed by atoms with Gasteiger partial charge >= 0.3 is 5.43 Å². The van der Waals surface area contributed by atoms with E-state index in [9.17, 15) is 9.90 Å². The van der Waals surface area contributed by atoms with E-state index in [0.717, 1.165) is 16.3 Å². The van der Waals surface area contributed by atoms with Crippen molar-refractivity contribution < 1.29 is 28.2 Å². The average molecular weight is 415 g/mol. The smallest absolute Gasteiger partial charge is 0.347 e. The number of phenolic OH excluding ortho intramolecular Hbond substituents is 1. The molecule has 0 fully saturated rings. The van der Waals surface area contributed by atoms with Crippen LogP contribution >= 0.6 is 0 Å². The van der Waals surface area contributed by atoms with Crippen LogP contribution in [0.2, 0.25) is 0 Å². The Hall–Kier alpha value is -4.19. The number of phenols is 1. The molecule has 0 unspecified atom stereocenters. The van der Waals surface area contributed by atoms with Gasteiger partial charge in [0.15, 0.2) is 11.5 Å². The largest absolute Gasteiger partial charge is 0.502 e. The minimum atomic E-state index is -0.0875. The molecule has 0 saturated carbocycles. The molecule has 2 heterocycles. The summed E-state index contributed by atoms with van der Waals surface area (Å²) in [6.45, 7) is 0. The third-order valence-corrected chi connectivity index (χ3v) is 5.18. The lowest BCUT2D eigenvalue weighted by Gasteiger charge is -2.13. The van der Waals surface area contributed by atoms with Crippen molar-refractivity contribution in [3.63, 3.8) is 0 Å². The molecule has 0 amide bonds. The lowest BCUT2D eigenvalue weighted by atomic mass is 10.0. The van der Waals surface area contributed by atoms with Crippen molar-refractivity contribution >= 4 is 21.9 Å². The zero-order chi connectivity index (χ0) is 21.5. The van der Waals surface area contributed by atoms with Gasteiger partial charge in [0.1, 0.15) is 22.7 Å². The van der Waals surface area contributed by atoms with E-state index in [1.165, 1.54) is 14.2 Å². The summed E-state index contributed by atoms with van der Waals surface area (Å²) in [6, 6.07) is 20.0. The summed E-state index contributed by atoms with van der Waals surface area (Å²) >= 11 is 0. The summed E-state index contributed by atoms with van der Waals surface area (Å²) in [5, 5.41) is 11.9. The maximum Gasteiger partial charge on any atom is 0.347 e. The number of rotatable bonds is 4. The Labute approximate surface area is 176 Å². The van der Waals surface area contributed by atoms with Crippen LogP contribution in [0.1, 0.15) is 0 Å². The number of methoxy groups -OCH3 is 2. The second-order valence-corrected chi connectivity index (χ2v) is 7.09. The van der Waals surface area contributed by atoms with Crippen LogP contribution in [0.15, 0.2) is 75.6 Å². The molecule has 0 radical (unpaired) electrons. The molecule has 31 heavy (non-hydrogen) atoms. The summed E-state index contributed by atoms with van der Waals surface area (Å²) in [5.41, 5.74) is 2.58.